The van der Waals surface area contributed by atoms with Gasteiger partial charge in [0, 0.05) is 6.54 Å². The van der Waals surface area contributed by atoms with E-state index in [4.69, 9.17) is 4.84 Å². The molecule has 44 valence electrons. The zero-order valence-corrected chi connectivity index (χ0v) is 5.12. The summed E-state index contributed by atoms with van der Waals surface area (Å²) in [5.74, 6) is 0. The molecule has 0 radical (unpaired) electrons. The molecule has 1 rings (SSSR count). The van der Waals surface area contributed by atoms with Gasteiger partial charge >= 0.3 is 0 Å². The van der Waals surface area contributed by atoms with Crippen LogP contribution in [0.4, 0.5) is 0 Å². The lowest BCUT2D eigenvalue weighted by atomic mass is 10.3. The van der Waals surface area contributed by atoms with Gasteiger partial charge in [-0.25, -0.2) is 5.48 Å². The molecule has 1 aliphatic rings. The molecule has 1 fully saturated rings. The summed E-state index contributed by atoms with van der Waals surface area (Å²) in [6.07, 6.45) is 1.59. The highest BCUT2D eigenvalue weighted by Crippen LogP contribution is 1.98. The van der Waals surface area contributed by atoms with E-state index in [2.05, 4.69) is 12.4 Å². The monoisotopic (exact) mass is 123 g/mol. The second-order valence-electron chi connectivity index (χ2n) is 1.61. The molecule has 0 amide bonds. The number of rotatable bonds is 0. The van der Waals surface area contributed by atoms with Crippen molar-refractivity contribution in [2.24, 2.45) is 0 Å². The second kappa shape index (κ2) is 3.24. The SMILES string of the molecule is CC1CCNO1.Cl. The molecule has 0 spiro atoms. The van der Waals surface area contributed by atoms with E-state index in [0.717, 1.165) is 13.0 Å². The Kier molecular flexibility index (Phi) is 3.34. The molecule has 2 nitrogen and oxygen atoms in total. The third kappa shape index (κ3) is 2.12. The van der Waals surface area contributed by atoms with Crippen molar-refractivity contribution in [1.29, 1.82) is 0 Å². The number of hydrogen-bond donors (Lipinski definition) is 1. The fourth-order valence-corrected chi connectivity index (χ4v) is 0.522. The molecule has 0 aromatic heterocycles. The van der Waals surface area contributed by atoms with Crippen LogP contribution in [0.15, 0.2) is 0 Å². The van der Waals surface area contributed by atoms with Crippen LogP contribution in [0.1, 0.15) is 13.3 Å². The van der Waals surface area contributed by atoms with Gasteiger partial charge in [-0.3, -0.25) is 4.84 Å². The average molecular weight is 124 g/mol. The molecular weight excluding hydrogens is 114 g/mol. The fraction of sp³-hybridized carbons (Fsp3) is 1.00. The predicted octanol–water partition coefficient (Wildman–Crippen LogP) is 0.722. The minimum atomic E-state index is 0. The predicted molar refractivity (Wildman–Crippen MR) is 30.4 cm³/mol. The lowest BCUT2D eigenvalue weighted by molar-refractivity contribution is 0.0453. The Balaban J connectivity index is 0.000000360. The molecule has 1 saturated heterocycles. The van der Waals surface area contributed by atoms with Gasteiger partial charge in [-0.2, -0.15) is 0 Å². The van der Waals surface area contributed by atoms with Gasteiger partial charge in [0.25, 0.3) is 0 Å². The smallest absolute Gasteiger partial charge is 0.0775 e. The molecule has 7 heavy (non-hydrogen) atoms. The minimum absolute atomic E-state index is 0. The van der Waals surface area contributed by atoms with Crippen molar-refractivity contribution in [3.63, 3.8) is 0 Å². The Bertz CT molecular complexity index is 45.0. The van der Waals surface area contributed by atoms with Gasteiger partial charge in [0.05, 0.1) is 6.10 Å². The van der Waals surface area contributed by atoms with Crippen LogP contribution in [-0.2, 0) is 4.84 Å². The molecule has 0 bridgehead atoms. The zero-order valence-electron chi connectivity index (χ0n) is 4.31. The van der Waals surface area contributed by atoms with Crippen LogP contribution < -0.4 is 5.48 Å². The van der Waals surface area contributed by atoms with E-state index in [1.807, 2.05) is 0 Å². The van der Waals surface area contributed by atoms with Crippen molar-refractivity contribution in [2.45, 2.75) is 19.4 Å². The molecule has 1 heterocycles. The molecule has 0 aromatic rings. The normalized spacial score (nSPS) is 29.6. The van der Waals surface area contributed by atoms with E-state index in [-0.39, 0.29) is 12.4 Å². The largest absolute Gasteiger partial charge is 0.299 e. The Morgan fingerprint density at radius 2 is 2.43 bits per heavy atom. The third-order valence-electron chi connectivity index (χ3n) is 0.937. The van der Waals surface area contributed by atoms with Crippen LogP contribution in [0.2, 0.25) is 0 Å². The average Bonchev–Trinajstić information content (AvgIpc) is 1.86. The van der Waals surface area contributed by atoms with Crippen molar-refractivity contribution < 1.29 is 4.84 Å². The summed E-state index contributed by atoms with van der Waals surface area (Å²) in [4.78, 5) is 4.90. The van der Waals surface area contributed by atoms with E-state index < -0.39 is 0 Å². The van der Waals surface area contributed by atoms with Gasteiger partial charge in [0.15, 0.2) is 0 Å². The number of halogens is 1. The summed E-state index contributed by atoms with van der Waals surface area (Å²) >= 11 is 0. The third-order valence-corrected chi connectivity index (χ3v) is 0.937. The summed E-state index contributed by atoms with van der Waals surface area (Å²) in [7, 11) is 0. The Hall–Kier alpha value is 0.210. The van der Waals surface area contributed by atoms with E-state index in [9.17, 15) is 0 Å². The van der Waals surface area contributed by atoms with Crippen molar-refractivity contribution in [2.75, 3.05) is 6.54 Å². The van der Waals surface area contributed by atoms with Crippen LogP contribution in [0, 0.1) is 0 Å². The fourth-order valence-electron chi connectivity index (χ4n) is 0.522. The number of hydrogen-bond acceptors (Lipinski definition) is 2. The topological polar surface area (TPSA) is 21.3 Å². The second-order valence-corrected chi connectivity index (χ2v) is 1.61. The molecule has 0 aliphatic carbocycles. The first-order valence-electron chi connectivity index (χ1n) is 2.28. The maximum atomic E-state index is 4.90. The zero-order chi connectivity index (χ0) is 4.41. The van der Waals surface area contributed by atoms with E-state index >= 15 is 0 Å². The van der Waals surface area contributed by atoms with Crippen LogP contribution in [0.25, 0.3) is 0 Å². The maximum absolute atomic E-state index is 4.90. The highest BCUT2D eigenvalue weighted by atomic mass is 35.5. The lowest BCUT2D eigenvalue weighted by Gasteiger charge is -1.93. The van der Waals surface area contributed by atoms with Crippen LogP contribution in [-0.4, -0.2) is 12.6 Å². The summed E-state index contributed by atoms with van der Waals surface area (Å²) in [5.41, 5.74) is 2.77. The maximum Gasteiger partial charge on any atom is 0.0775 e. The first kappa shape index (κ1) is 7.21. The van der Waals surface area contributed by atoms with Crippen molar-refractivity contribution in [3.05, 3.63) is 0 Å². The molecular formula is C4H10ClNO. The minimum Gasteiger partial charge on any atom is -0.299 e. The highest BCUT2D eigenvalue weighted by Gasteiger charge is 2.06. The van der Waals surface area contributed by atoms with Gasteiger partial charge in [-0.1, -0.05) is 0 Å². The Morgan fingerprint density at radius 1 is 1.71 bits per heavy atom. The highest BCUT2D eigenvalue weighted by molar-refractivity contribution is 5.85. The van der Waals surface area contributed by atoms with Crippen molar-refractivity contribution in [1.82, 2.24) is 5.48 Å². The first-order valence-corrected chi connectivity index (χ1v) is 2.28. The Labute approximate surface area is 49.6 Å². The van der Waals surface area contributed by atoms with Gasteiger partial charge in [-0.05, 0) is 13.3 Å². The van der Waals surface area contributed by atoms with Crippen LogP contribution >= 0.6 is 12.4 Å². The number of nitrogens with one attached hydrogen (secondary N) is 1. The van der Waals surface area contributed by atoms with Gasteiger partial charge in [0.1, 0.15) is 0 Å². The molecule has 1 unspecified atom stereocenters. The Morgan fingerprint density at radius 3 is 2.57 bits per heavy atom. The van der Waals surface area contributed by atoms with E-state index in [1.165, 1.54) is 0 Å². The summed E-state index contributed by atoms with van der Waals surface area (Å²) in [6.45, 7) is 3.07. The molecule has 1 aliphatic heterocycles. The molecule has 3 heteroatoms. The molecule has 0 aromatic carbocycles. The molecule has 1 atom stereocenters. The van der Waals surface area contributed by atoms with Gasteiger partial charge in [0.2, 0.25) is 0 Å². The number of hydroxylamine groups is 1. The van der Waals surface area contributed by atoms with Crippen LogP contribution in [0.3, 0.4) is 0 Å². The van der Waals surface area contributed by atoms with E-state index in [0.29, 0.717) is 6.10 Å². The van der Waals surface area contributed by atoms with Gasteiger partial charge < -0.3 is 0 Å². The van der Waals surface area contributed by atoms with Crippen molar-refractivity contribution >= 4 is 12.4 Å². The van der Waals surface area contributed by atoms with Gasteiger partial charge in [-0.15, -0.1) is 12.4 Å². The molecule has 0 saturated carbocycles. The first-order chi connectivity index (χ1) is 2.89. The summed E-state index contributed by atoms with van der Waals surface area (Å²) in [5, 5.41) is 0. The standard InChI is InChI=1S/C4H9NO.ClH/c1-4-2-3-5-6-4;/h4-5H,2-3H2,1H3;1H. The van der Waals surface area contributed by atoms with Crippen LogP contribution in [0.5, 0.6) is 0 Å². The van der Waals surface area contributed by atoms with Crippen molar-refractivity contribution in [3.8, 4) is 0 Å². The summed E-state index contributed by atoms with van der Waals surface area (Å²) < 4.78 is 0. The van der Waals surface area contributed by atoms with E-state index in [1.54, 1.807) is 0 Å². The molecule has 1 N–H and O–H groups in total. The lowest BCUT2D eigenvalue weighted by Crippen LogP contribution is -2.05. The quantitative estimate of drug-likeness (QED) is 0.513. The summed E-state index contributed by atoms with van der Waals surface area (Å²) in [6, 6.07) is 0.